The van der Waals surface area contributed by atoms with Crippen LogP contribution >= 0.6 is 0 Å². The van der Waals surface area contributed by atoms with Gasteiger partial charge in [0.2, 0.25) is 0 Å². The molecule has 0 saturated heterocycles. The molecule has 0 aliphatic carbocycles. The summed E-state index contributed by atoms with van der Waals surface area (Å²) < 4.78 is 0. The maximum Gasteiger partial charge on any atom is 0.127 e. The second-order valence-electron chi connectivity index (χ2n) is 4.64. The van der Waals surface area contributed by atoms with Crippen LogP contribution in [0.4, 0.5) is 0 Å². The van der Waals surface area contributed by atoms with Crippen molar-refractivity contribution in [1.82, 2.24) is 4.90 Å². The van der Waals surface area contributed by atoms with Crippen molar-refractivity contribution < 1.29 is 5.11 Å². The van der Waals surface area contributed by atoms with Crippen LogP contribution < -0.4 is 0 Å². The van der Waals surface area contributed by atoms with Crippen LogP contribution in [0.15, 0.2) is 48.5 Å². The number of phenolic OH excluding ortho intramolecular Hbond substituents is 1. The lowest BCUT2D eigenvalue weighted by atomic mass is 10.0. The molecular formula is C17H21NO. The molecule has 2 rings (SSSR count). The van der Waals surface area contributed by atoms with Crippen molar-refractivity contribution in [3.05, 3.63) is 54.1 Å². The molecule has 1 N–H and O–H groups in total. The first-order valence-corrected chi connectivity index (χ1v) is 6.84. The molecular weight excluding hydrogens is 234 g/mol. The minimum absolute atomic E-state index is 0.403. The lowest BCUT2D eigenvalue weighted by molar-refractivity contribution is 0.291. The van der Waals surface area contributed by atoms with Crippen molar-refractivity contribution in [2.45, 2.75) is 20.4 Å². The van der Waals surface area contributed by atoms with E-state index in [1.165, 1.54) is 0 Å². The smallest absolute Gasteiger partial charge is 0.127 e. The van der Waals surface area contributed by atoms with Crippen LogP contribution in [0.2, 0.25) is 0 Å². The van der Waals surface area contributed by atoms with Crippen molar-refractivity contribution >= 4 is 0 Å². The molecule has 0 saturated carbocycles. The highest BCUT2D eigenvalue weighted by Crippen LogP contribution is 2.32. The van der Waals surface area contributed by atoms with E-state index in [2.05, 4.69) is 18.7 Å². The fourth-order valence-electron chi connectivity index (χ4n) is 2.26. The third kappa shape index (κ3) is 3.15. The summed E-state index contributed by atoms with van der Waals surface area (Å²) in [6, 6.07) is 16.0. The molecule has 0 aliphatic rings. The van der Waals surface area contributed by atoms with Gasteiger partial charge in [-0.1, -0.05) is 62.4 Å². The summed E-state index contributed by atoms with van der Waals surface area (Å²) in [4.78, 5) is 2.30. The van der Waals surface area contributed by atoms with Crippen molar-refractivity contribution in [2.24, 2.45) is 0 Å². The van der Waals surface area contributed by atoms with Crippen LogP contribution in [-0.2, 0) is 6.54 Å². The van der Waals surface area contributed by atoms with E-state index in [0.717, 1.165) is 36.3 Å². The zero-order valence-corrected chi connectivity index (χ0v) is 11.6. The van der Waals surface area contributed by atoms with Crippen LogP contribution in [0, 0.1) is 0 Å². The molecule has 0 amide bonds. The third-order valence-electron chi connectivity index (χ3n) is 3.49. The molecule has 19 heavy (non-hydrogen) atoms. The predicted octanol–water partition coefficient (Wildman–Crippen LogP) is 3.90. The maximum absolute atomic E-state index is 10.5. The summed E-state index contributed by atoms with van der Waals surface area (Å²) in [7, 11) is 0. The molecule has 100 valence electrons. The van der Waals surface area contributed by atoms with Gasteiger partial charge in [0, 0.05) is 17.7 Å². The molecule has 0 heterocycles. The fourth-order valence-corrected chi connectivity index (χ4v) is 2.26. The number of aromatic hydroxyl groups is 1. The quantitative estimate of drug-likeness (QED) is 0.876. The molecule has 0 aromatic heterocycles. The highest BCUT2D eigenvalue weighted by Gasteiger charge is 2.10. The van der Waals surface area contributed by atoms with Crippen LogP contribution in [0.1, 0.15) is 19.4 Å². The van der Waals surface area contributed by atoms with Gasteiger partial charge in [-0.25, -0.2) is 0 Å². The Balaban J connectivity index is 2.33. The van der Waals surface area contributed by atoms with Crippen LogP contribution in [0.25, 0.3) is 11.1 Å². The van der Waals surface area contributed by atoms with Crippen LogP contribution in [-0.4, -0.2) is 23.1 Å². The van der Waals surface area contributed by atoms with Crippen molar-refractivity contribution in [2.75, 3.05) is 13.1 Å². The highest BCUT2D eigenvalue weighted by molar-refractivity contribution is 5.71. The van der Waals surface area contributed by atoms with Gasteiger partial charge in [-0.3, -0.25) is 4.90 Å². The number of hydrogen-bond acceptors (Lipinski definition) is 2. The van der Waals surface area contributed by atoms with E-state index in [4.69, 9.17) is 0 Å². The summed E-state index contributed by atoms with van der Waals surface area (Å²) in [6.45, 7) is 7.06. The zero-order chi connectivity index (χ0) is 13.7. The Kier molecular flexibility index (Phi) is 4.58. The first kappa shape index (κ1) is 13.6. The summed E-state index contributed by atoms with van der Waals surface area (Å²) in [6.07, 6.45) is 0. The van der Waals surface area contributed by atoms with Crippen molar-refractivity contribution in [1.29, 1.82) is 0 Å². The molecule has 2 aromatic carbocycles. The van der Waals surface area contributed by atoms with Gasteiger partial charge < -0.3 is 5.11 Å². The van der Waals surface area contributed by atoms with Gasteiger partial charge in [-0.15, -0.1) is 0 Å². The third-order valence-corrected chi connectivity index (χ3v) is 3.49. The molecule has 0 bridgehead atoms. The molecule has 0 atom stereocenters. The Bertz CT molecular complexity index is 518. The number of phenols is 1. The Morgan fingerprint density at radius 1 is 0.895 bits per heavy atom. The first-order valence-electron chi connectivity index (χ1n) is 6.84. The van der Waals surface area contributed by atoms with E-state index in [1.807, 2.05) is 48.5 Å². The molecule has 0 spiro atoms. The van der Waals surface area contributed by atoms with Crippen molar-refractivity contribution in [3.8, 4) is 16.9 Å². The molecule has 2 nitrogen and oxygen atoms in total. The highest BCUT2D eigenvalue weighted by atomic mass is 16.3. The van der Waals surface area contributed by atoms with E-state index < -0.39 is 0 Å². The minimum Gasteiger partial charge on any atom is -0.507 e. The molecule has 0 aliphatic heterocycles. The molecule has 2 heteroatoms. The molecule has 0 unspecified atom stereocenters. The van der Waals surface area contributed by atoms with E-state index in [1.54, 1.807) is 0 Å². The Morgan fingerprint density at radius 2 is 1.58 bits per heavy atom. The largest absolute Gasteiger partial charge is 0.507 e. The van der Waals surface area contributed by atoms with E-state index in [0.29, 0.717) is 5.75 Å². The first-order chi connectivity index (χ1) is 9.26. The van der Waals surface area contributed by atoms with Crippen LogP contribution in [0.3, 0.4) is 0 Å². The van der Waals surface area contributed by atoms with Gasteiger partial charge in [-0.2, -0.15) is 0 Å². The second kappa shape index (κ2) is 6.39. The predicted molar refractivity (Wildman–Crippen MR) is 80.2 cm³/mol. The topological polar surface area (TPSA) is 23.5 Å². The molecule has 0 radical (unpaired) electrons. The summed E-state index contributed by atoms with van der Waals surface area (Å²) in [5, 5.41) is 10.5. The zero-order valence-electron chi connectivity index (χ0n) is 11.6. The second-order valence-corrected chi connectivity index (χ2v) is 4.64. The van der Waals surface area contributed by atoms with E-state index in [9.17, 15) is 5.11 Å². The monoisotopic (exact) mass is 255 g/mol. The standard InChI is InChI=1S/C17H21NO/c1-3-18(4-2)13-15-11-8-12-16(17(15)19)14-9-6-5-7-10-14/h5-12,19H,3-4,13H2,1-2H3. The lowest BCUT2D eigenvalue weighted by Gasteiger charge is -2.19. The van der Waals surface area contributed by atoms with Gasteiger partial charge in [0.05, 0.1) is 0 Å². The number of rotatable bonds is 5. The van der Waals surface area contributed by atoms with Crippen molar-refractivity contribution in [3.63, 3.8) is 0 Å². The Labute approximate surface area is 115 Å². The van der Waals surface area contributed by atoms with Crippen LogP contribution in [0.5, 0.6) is 5.75 Å². The summed E-state index contributed by atoms with van der Waals surface area (Å²) >= 11 is 0. The number of hydrogen-bond donors (Lipinski definition) is 1. The van der Waals surface area contributed by atoms with Gasteiger partial charge in [0.25, 0.3) is 0 Å². The van der Waals surface area contributed by atoms with E-state index >= 15 is 0 Å². The minimum atomic E-state index is 0.403. The van der Waals surface area contributed by atoms with Gasteiger partial charge >= 0.3 is 0 Å². The SMILES string of the molecule is CCN(CC)Cc1cccc(-c2ccccc2)c1O. The average Bonchev–Trinajstić information content (AvgIpc) is 2.47. The molecule has 0 fully saturated rings. The van der Waals surface area contributed by atoms with Gasteiger partial charge in [-0.05, 0) is 18.7 Å². The maximum atomic E-state index is 10.5. The fraction of sp³-hybridized carbons (Fsp3) is 0.294. The number of nitrogens with zero attached hydrogens (tertiary/aromatic N) is 1. The summed E-state index contributed by atoms with van der Waals surface area (Å²) in [5.74, 6) is 0.403. The van der Waals surface area contributed by atoms with Gasteiger partial charge in [0.15, 0.2) is 0 Å². The molecule has 2 aromatic rings. The normalized spacial score (nSPS) is 10.9. The number of para-hydroxylation sites is 1. The Morgan fingerprint density at radius 3 is 2.21 bits per heavy atom. The average molecular weight is 255 g/mol. The van der Waals surface area contributed by atoms with Gasteiger partial charge in [0.1, 0.15) is 5.75 Å². The number of benzene rings is 2. The van der Waals surface area contributed by atoms with E-state index in [-0.39, 0.29) is 0 Å². The lowest BCUT2D eigenvalue weighted by Crippen LogP contribution is -2.22. The Hall–Kier alpha value is -1.80. The summed E-state index contributed by atoms with van der Waals surface area (Å²) in [5.41, 5.74) is 2.96.